The van der Waals surface area contributed by atoms with Gasteiger partial charge in [0.15, 0.2) is 0 Å². The molecule has 2 aliphatic heterocycles. The fraction of sp³-hybridized carbons (Fsp3) is 0.429. The van der Waals surface area contributed by atoms with Crippen LogP contribution in [-0.4, -0.2) is 29.1 Å². The molecule has 2 aliphatic rings. The van der Waals surface area contributed by atoms with Crippen LogP contribution in [0.3, 0.4) is 0 Å². The van der Waals surface area contributed by atoms with Crippen LogP contribution >= 0.6 is 11.8 Å². The molecule has 2 N–H and O–H groups in total. The molecule has 0 bridgehead atoms. The molecule has 0 aromatic heterocycles. The van der Waals surface area contributed by atoms with E-state index in [1.54, 1.807) is 0 Å². The first-order valence-electron chi connectivity index (χ1n) is 6.60. The van der Waals surface area contributed by atoms with Crippen molar-refractivity contribution >= 4 is 23.6 Å². The van der Waals surface area contributed by atoms with Crippen LogP contribution in [0.15, 0.2) is 29.2 Å². The summed E-state index contributed by atoms with van der Waals surface area (Å²) in [6, 6.07) is 8.02. The predicted molar refractivity (Wildman–Crippen MR) is 76.7 cm³/mol. The summed E-state index contributed by atoms with van der Waals surface area (Å²) in [5.74, 6) is 1.27. The molecule has 1 aromatic carbocycles. The van der Waals surface area contributed by atoms with Crippen molar-refractivity contribution in [1.82, 2.24) is 10.2 Å². The molecular weight excluding hydrogens is 258 g/mol. The number of amidine groups is 1. The summed E-state index contributed by atoms with van der Waals surface area (Å²) in [6.07, 6.45) is 1.71. The van der Waals surface area contributed by atoms with E-state index in [1.807, 2.05) is 28.8 Å². The van der Waals surface area contributed by atoms with Gasteiger partial charge >= 0.3 is 6.03 Å². The third-order valence-electron chi connectivity index (χ3n) is 3.85. The number of urea groups is 1. The second kappa shape index (κ2) is 4.56. The number of hydrogen-bond donors (Lipinski definition) is 2. The van der Waals surface area contributed by atoms with E-state index in [-0.39, 0.29) is 6.03 Å². The van der Waals surface area contributed by atoms with E-state index in [0.29, 0.717) is 12.4 Å². The molecule has 0 radical (unpaired) electrons. The molecule has 0 aliphatic carbocycles. The number of rotatable bonds is 2. The van der Waals surface area contributed by atoms with Crippen molar-refractivity contribution in [1.29, 1.82) is 5.41 Å². The van der Waals surface area contributed by atoms with Crippen molar-refractivity contribution in [3.05, 3.63) is 29.8 Å². The number of fused-ring (bicyclic) bond motifs is 2. The van der Waals surface area contributed by atoms with Gasteiger partial charge in [0, 0.05) is 17.2 Å². The Bertz CT molecular complexity index is 545. The lowest BCUT2D eigenvalue weighted by atomic mass is 9.84. The first kappa shape index (κ1) is 12.5. The molecule has 1 saturated heterocycles. The van der Waals surface area contributed by atoms with Gasteiger partial charge in [-0.3, -0.25) is 10.7 Å². The summed E-state index contributed by atoms with van der Waals surface area (Å²) in [5, 5.41) is 11.0. The zero-order valence-electron chi connectivity index (χ0n) is 10.9. The Kier molecular flexibility index (Phi) is 3.01. The minimum absolute atomic E-state index is 0.131. The average molecular weight is 275 g/mol. The zero-order valence-corrected chi connectivity index (χ0v) is 11.7. The lowest BCUT2D eigenvalue weighted by Crippen LogP contribution is -2.49. The van der Waals surface area contributed by atoms with Crippen molar-refractivity contribution in [2.45, 2.75) is 30.2 Å². The summed E-state index contributed by atoms with van der Waals surface area (Å²) < 4.78 is 0. The third-order valence-corrected chi connectivity index (χ3v) is 4.93. The molecule has 4 nitrogen and oxygen atoms in total. The van der Waals surface area contributed by atoms with E-state index in [9.17, 15) is 4.79 Å². The number of amides is 2. The maximum Gasteiger partial charge on any atom is 0.323 e. The smallest absolute Gasteiger partial charge is 0.307 e. The molecule has 19 heavy (non-hydrogen) atoms. The highest BCUT2D eigenvalue weighted by molar-refractivity contribution is 7.99. The standard InChI is InChI=1S/C14H17N3OS/c1-2-8-17-13(18)16-12(15)14(17)7-9-19-11-6-4-3-5-10(11)14/h3-6H,2,7-9H2,1H3,(H2,15,16,18). The Hall–Kier alpha value is -1.49. The Morgan fingerprint density at radius 2 is 2.26 bits per heavy atom. The first-order chi connectivity index (χ1) is 9.20. The van der Waals surface area contributed by atoms with Crippen LogP contribution in [0.25, 0.3) is 0 Å². The van der Waals surface area contributed by atoms with Gasteiger partial charge in [0.1, 0.15) is 11.4 Å². The molecule has 1 aromatic rings. The number of nitrogens with one attached hydrogen (secondary N) is 2. The highest BCUT2D eigenvalue weighted by Gasteiger charge is 2.52. The maximum absolute atomic E-state index is 12.1. The molecule has 5 heteroatoms. The Balaban J connectivity index is 2.16. The van der Waals surface area contributed by atoms with Gasteiger partial charge in [0.25, 0.3) is 0 Å². The number of carbonyl (C=O) groups excluding carboxylic acids is 1. The van der Waals surface area contributed by atoms with Crippen molar-refractivity contribution < 1.29 is 4.79 Å². The van der Waals surface area contributed by atoms with Crippen molar-refractivity contribution in [2.75, 3.05) is 12.3 Å². The quantitative estimate of drug-likeness (QED) is 0.872. The van der Waals surface area contributed by atoms with E-state index in [4.69, 9.17) is 5.41 Å². The topological polar surface area (TPSA) is 56.2 Å². The zero-order chi connectivity index (χ0) is 13.5. The average Bonchev–Trinajstić information content (AvgIpc) is 2.65. The Morgan fingerprint density at radius 3 is 3.05 bits per heavy atom. The minimum atomic E-state index is -0.561. The second-order valence-electron chi connectivity index (χ2n) is 4.91. The van der Waals surface area contributed by atoms with Gasteiger partial charge in [-0.2, -0.15) is 0 Å². The van der Waals surface area contributed by atoms with Gasteiger partial charge in [-0.15, -0.1) is 11.8 Å². The van der Waals surface area contributed by atoms with Crippen molar-refractivity contribution in [3.63, 3.8) is 0 Å². The summed E-state index contributed by atoms with van der Waals surface area (Å²) in [4.78, 5) is 15.2. The van der Waals surface area contributed by atoms with E-state index >= 15 is 0 Å². The van der Waals surface area contributed by atoms with Crippen LogP contribution in [0, 0.1) is 5.41 Å². The lowest BCUT2D eigenvalue weighted by molar-refractivity contribution is 0.168. The molecule has 2 amide bonds. The van der Waals surface area contributed by atoms with Gasteiger partial charge in [-0.05, 0) is 24.5 Å². The summed E-state index contributed by atoms with van der Waals surface area (Å²) >= 11 is 1.81. The van der Waals surface area contributed by atoms with E-state index in [0.717, 1.165) is 24.2 Å². The minimum Gasteiger partial charge on any atom is -0.307 e. The highest BCUT2D eigenvalue weighted by Crippen LogP contribution is 2.46. The van der Waals surface area contributed by atoms with E-state index in [2.05, 4.69) is 24.4 Å². The van der Waals surface area contributed by atoms with E-state index in [1.165, 1.54) is 4.90 Å². The van der Waals surface area contributed by atoms with E-state index < -0.39 is 5.54 Å². The monoisotopic (exact) mass is 275 g/mol. The highest BCUT2D eigenvalue weighted by atomic mass is 32.2. The second-order valence-corrected chi connectivity index (χ2v) is 6.05. The van der Waals surface area contributed by atoms with Crippen LogP contribution in [0.1, 0.15) is 25.3 Å². The summed E-state index contributed by atoms with van der Waals surface area (Å²) in [7, 11) is 0. The van der Waals surface area contributed by atoms with Gasteiger partial charge in [0.05, 0.1) is 0 Å². The van der Waals surface area contributed by atoms with Crippen molar-refractivity contribution in [3.8, 4) is 0 Å². The molecule has 100 valence electrons. The molecule has 1 fully saturated rings. The third kappa shape index (κ3) is 1.68. The number of hydrogen-bond acceptors (Lipinski definition) is 3. The Labute approximate surface area is 117 Å². The predicted octanol–water partition coefficient (Wildman–Crippen LogP) is 2.79. The fourth-order valence-corrected chi connectivity index (χ4v) is 4.20. The maximum atomic E-state index is 12.1. The first-order valence-corrected chi connectivity index (χ1v) is 7.58. The summed E-state index contributed by atoms with van der Waals surface area (Å²) in [6.45, 7) is 2.75. The molecule has 0 saturated carbocycles. The normalized spacial score (nSPS) is 25.6. The van der Waals surface area contributed by atoms with Gasteiger partial charge in [0.2, 0.25) is 0 Å². The van der Waals surface area contributed by atoms with Gasteiger partial charge < -0.3 is 4.90 Å². The Morgan fingerprint density at radius 1 is 1.47 bits per heavy atom. The van der Waals surface area contributed by atoms with Crippen LogP contribution in [0.5, 0.6) is 0 Å². The lowest BCUT2D eigenvalue weighted by Gasteiger charge is -2.40. The number of benzene rings is 1. The van der Waals surface area contributed by atoms with Gasteiger partial charge in [-0.1, -0.05) is 25.1 Å². The molecule has 3 rings (SSSR count). The van der Waals surface area contributed by atoms with Crippen molar-refractivity contribution in [2.24, 2.45) is 0 Å². The van der Waals surface area contributed by atoms with Gasteiger partial charge in [-0.25, -0.2) is 4.79 Å². The molecule has 2 heterocycles. The fourth-order valence-electron chi connectivity index (χ4n) is 3.02. The van der Waals surface area contributed by atoms with Crippen LogP contribution in [0.4, 0.5) is 4.79 Å². The molecule has 1 unspecified atom stereocenters. The van der Waals surface area contributed by atoms with Crippen LogP contribution in [0.2, 0.25) is 0 Å². The largest absolute Gasteiger partial charge is 0.323 e. The SMILES string of the molecule is CCCN1C(=O)NC(=N)C12CCSc1ccccc12. The molecular formula is C14H17N3OS. The van der Waals surface area contributed by atoms with Crippen LogP contribution in [-0.2, 0) is 5.54 Å². The summed E-state index contributed by atoms with van der Waals surface area (Å²) in [5.41, 5.74) is 0.539. The molecule has 1 spiro atoms. The van der Waals surface area contributed by atoms with Crippen LogP contribution < -0.4 is 5.32 Å². The number of nitrogens with zero attached hydrogens (tertiary/aromatic N) is 1. The number of thioether (sulfide) groups is 1. The number of carbonyl (C=O) groups is 1. The molecule has 1 atom stereocenters.